The second kappa shape index (κ2) is 10.8. The van der Waals surface area contributed by atoms with E-state index in [4.69, 9.17) is 13.9 Å². The highest BCUT2D eigenvalue weighted by Gasteiger charge is 2.22. The van der Waals surface area contributed by atoms with E-state index in [0.717, 1.165) is 38.0 Å². The van der Waals surface area contributed by atoms with E-state index in [1.807, 2.05) is 18.2 Å². The van der Waals surface area contributed by atoms with Crippen molar-refractivity contribution < 1.29 is 26.7 Å². The Morgan fingerprint density at radius 3 is 2.63 bits per heavy atom. The zero-order chi connectivity index (χ0) is 25.0. The average molecular weight is 507 g/mol. The van der Waals surface area contributed by atoms with E-state index in [-0.39, 0.29) is 17.5 Å². The number of likely N-dealkylation sites (tertiary alicyclic amines) is 1. The van der Waals surface area contributed by atoms with Crippen LogP contribution in [-0.2, 0) is 16.6 Å². The van der Waals surface area contributed by atoms with Gasteiger partial charge >= 0.3 is 0 Å². The van der Waals surface area contributed by atoms with Crippen LogP contribution < -0.4 is 14.8 Å². The summed E-state index contributed by atoms with van der Waals surface area (Å²) in [5, 5.41) is 3.35. The molecule has 11 heteroatoms. The van der Waals surface area contributed by atoms with Gasteiger partial charge in [0.25, 0.3) is 6.01 Å². The number of methoxy groups -OCH3 is 1. The molecule has 1 N–H and O–H groups in total. The molecule has 1 aliphatic rings. The molecular formula is C24H31FN4O5S. The minimum absolute atomic E-state index is 0.000516. The summed E-state index contributed by atoms with van der Waals surface area (Å²) < 4.78 is 55.0. The van der Waals surface area contributed by atoms with E-state index < -0.39 is 16.7 Å². The zero-order valence-corrected chi connectivity index (χ0v) is 21.0. The maximum atomic E-state index is 12.5. The van der Waals surface area contributed by atoms with Crippen molar-refractivity contribution in [2.45, 2.75) is 30.3 Å². The Kier molecular flexibility index (Phi) is 7.78. The van der Waals surface area contributed by atoms with E-state index >= 15 is 0 Å². The zero-order valence-electron chi connectivity index (χ0n) is 20.2. The Labute approximate surface area is 204 Å². The van der Waals surface area contributed by atoms with E-state index in [9.17, 15) is 12.8 Å². The quantitative estimate of drug-likeness (QED) is 0.446. The number of alkyl halides is 1. The van der Waals surface area contributed by atoms with Crippen molar-refractivity contribution in [1.82, 2.24) is 14.2 Å². The number of nitrogens with zero attached hydrogens (tertiary/aromatic N) is 3. The third kappa shape index (κ3) is 5.85. The van der Waals surface area contributed by atoms with Crippen molar-refractivity contribution >= 4 is 27.1 Å². The molecule has 0 spiro atoms. The first-order chi connectivity index (χ1) is 16.8. The highest BCUT2D eigenvalue weighted by atomic mass is 32.2. The van der Waals surface area contributed by atoms with Gasteiger partial charge in [0.1, 0.15) is 18.8 Å². The molecule has 9 nitrogen and oxygen atoms in total. The lowest BCUT2D eigenvalue weighted by Gasteiger charge is -2.32. The molecule has 1 saturated heterocycles. The van der Waals surface area contributed by atoms with Crippen LogP contribution >= 0.6 is 0 Å². The topological polar surface area (TPSA) is 97.1 Å². The molecule has 0 bridgehead atoms. The monoisotopic (exact) mass is 506 g/mol. The van der Waals surface area contributed by atoms with Crippen LogP contribution in [0.5, 0.6) is 11.5 Å². The molecule has 0 radical (unpaired) electrons. The summed E-state index contributed by atoms with van der Waals surface area (Å²) in [6.07, 6.45) is 1.81. The summed E-state index contributed by atoms with van der Waals surface area (Å²) in [5.41, 5.74) is 2.11. The van der Waals surface area contributed by atoms with Crippen LogP contribution in [0.25, 0.3) is 11.1 Å². The largest absolute Gasteiger partial charge is 0.493 e. The van der Waals surface area contributed by atoms with Crippen molar-refractivity contribution in [2.24, 2.45) is 0 Å². The van der Waals surface area contributed by atoms with Crippen molar-refractivity contribution in [3.8, 4) is 11.5 Å². The third-order valence-electron chi connectivity index (χ3n) is 6.02. The Morgan fingerprint density at radius 2 is 1.94 bits per heavy atom. The third-order valence-corrected chi connectivity index (χ3v) is 7.83. The molecule has 1 aliphatic heterocycles. The number of oxazole rings is 1. The van der Waals surface area contributed by atoms with Gasteiger partial charge in [0.15, 0.2) is 17.1 Å². The number of nitrogens with one attached hydrogen (secondary N) is 1. The van der Waals surface area contributed by atoms with Gasteiger partial charge in [-0.25, -0.2) is 17.1 Å². The number of sulfonamides is 1. The van der Waals surface area contributed by atoms with Gasteiger partial charge < -0.3 is 19.2 Å². The predicted octanol–water partition coefficient (Wildman–Crippen LogP) is 3.51. The van der Waals surface area contributed by atoms with E-state index in [1.165, 1.54) is 30.5 Å². The van der Waals surface area contributed by atoms with Crippen LogP contribution in [0.2, 0.25) is 0 Å². The molecule has 0 amide bonds. The average Bonchev–Trinajstić information content (AvgIpc) is 3.25. The van der Waals surface area contributed by atoms with Gasteiger partial charge in [0.05, 0.1) is 12.0 Å². The molecule has 0 unspecified atom stereocenters. The standard InChI is InChI=1S/C24H31FN4O5S/c1-28(2)35(30,31)19-5-7-21-20(15-19)27-24(34-21)26-18-8-11-29(12-9-18)16-17-4-6-22(32-3)23(14-17)33-13-10-25/h4-7,14-15,18H,8-13,16H2,1-3H3,(H,26,27). The summed E-state index contributed by atoms with van der Waals surface area (Å²) >= 11 is 0. The molecule has 2 aromatic carbocycles. The van der Waals surface area contributed by atoms with E-state index in [0.29, 0.717) is 28.6 Å². The maximum absolute atomic E-state index is 12.5. The van der Waals surface area contributed by atoms with Crippen LogP contribution in [0, 0.1) is 0 Å². The predicted molar refractivity (Wildman–Crippen MR) is 131 cm³/mol. The summed E-state index contributed by atoms with van der Waals surface area (Å²) in [5.74, 6) is 1.14. The number of halogens is 1. The molecule has 35 heavy (non-hydrogen) atoms. The molecule has 4 rings (SSSR count). The van der Waals surface area contributed by atoms with Crippen LogP contribution in [0.3, 0.4) is 0 Å². The lowest BCUT2D eigenvalue weighted by molar-refractivity contribution is 0.209. The van der Waals surface area contributed by atoms with E-state index in [2.05, 4.69) is 15.2 Å². The maximum Gasteiger partial charge on any atom is 0.295 e. The summed E-state index contributed by atoms with van der Waals surface area (Å²) in [7, 11) is 1.02. The van der Waals surface area contributed by atoms with Crippen molar-refractivity contribution in [2.75, 3.05) is 52.9 Å². The number of piperidine rings is 1. The number of aromatic nitrogens is 1. The van der Waals surface area contributed by atoms with Gasteiger partial charge in [-0.3, -0.25) is 4.90 Å². The molecule has 1 fully saturated rings. The number of hydrogen-bond donors (Lipinski definition) is 1. The van der Waals surface area contributed by atoms with Gasteiger partial charge in [0.2, 0.25) is 10.0 Å². The molecular weight excluding hydrogens is 475 g/mol. The SMILES string of the molecule is COc1ccc(CN2CCC(Nc3nc4cc(S(=O)(=O)N(C)C)ccc4o3)CC2)cc1OCCF. The number of hydrogen-bond acceptors (Lipinski definition) is 8. The van der Waals surface area contributed by atoms with Crippen LogP contribution in [-0.4, -0.2) is 76.2 Å². The summed E-state index contributed by atoms with van der Waals surface area (Å²) in [6, 6.07) is 11.0. The van der Waals surface area contributed by atoms with Crippen molar-refractivity contribution in [1.29, 1.82) is 0 Å². The smallest absolute Gasteiger partial charge is 0.295 e. The second-order valence-electron chi connectivity index (χ2n) is 8.65. The highest BCUT2D eigenvalue weighted by Crippen LogP contribution is 2.29. The van der Waals surface area contributed by atoms with Crippen LogP contribution in [0.15, 0.2) is 45.7 Å². The Hall–Kier alpha value is -2.89. The molecule has 190 valence electrons. The van der Waals surface area contributed by atoms with Crippen LogP contribution in [0.4, 0.5) is 10.4 Å². The fourth-order valence-electron chi connectivity index (χ4n) is 4.09. The highest BCUT2D eigenvalue weighted by molar-refractivity contribution is 7.89. The van der Waals surface area contributed by atoms with Gasteiger partial charge in [-0.15, -0.1) is 0 Å². The minimum atomic E-state index is -3.54. The lowest BCUT2D eigenvalue weighted by Crippen LogP contribution is -2.38. The fourth-order valence-corrected chi connectivity index (χ4v) is 5.01. The lowest BCUT2D eigenvalue weighted by atomic mass is 10.0. The molecule has 0 saturated carbocycles. The number of rotatable bonds is 10. The van der Waals surface area contributed by atoms with Gasteiger partial charge in [0, 0.05) is 39.8 Å². The van der Waals surface area contributed by atoms with Crippen LogP contribution in [0.1, 0.15) is 18.4 Å². The first-order valence-corrected chi connectivity index (χ1v) is 12.9. The normalized spacial score (nSPS) is 15.6. The van der Waals surface area contributed by atoms with Gasteiger partial charge in [-0.05, 0) is 48.7 Å². The number of fused-ring (bicyclic) bond motifs is 1. The fraction of sp³-hybridized carbons (Fsp3) is 0.458. The Bertz CT molecular complexity index is 1260. The first-order valence-electron chi connectivity index (χ1n) is 11.5. The minimum Gasteiger partial charge on any atom is -0.493 e. The van der Waals surface area contributed by atoms with Crippen molar-refractivity contribution in [3.05, 3.63) is 42.0 Å². The number of benzene rings is 2. The summed E-state index contributed by atoms with van der Waals surface area (Å²) in [4.78, 5) is 6.98. The number of ether oxygens (including phenoxy) is 2. The first kappa shape index (κ1) is 25.2. The summed E-state index contributed by atoms with van der Waals surface area (Å²) in [6.45, 7) is 1.98. The molecule has 3 aromatic rings. The Balaban J connectivity index is 1.35. The molecule has 2 heterocycles. The number of anilines is 1. The van der Waals surface area contributed by atoms with Gasteiger partial charge in [-0.2, -0.15) is 4.98 Å². The molecule has 1 aromatic heterocycles. The molecule has 0 aliphatic carbocycles. The van der Waals surface area contributed by atoms with Crippen molar-refractivity contribution in [3.63, 3.8) is 0 Å². The van der Waals surface area contributed by atoms with E-state index in [1.54, 1.807) is 13.2 Å². The molecule has 0 atom stereocenters. The second-order valence-corrected chi connectivity index (χ2v) is 10.8. The van der Waals surface area contributed by atoms with Gasteiger partial charge in [-0.1, -0.05) is 6.07 Å². The Morgan fingerprint density at radius 1 is 1.17 bits per heavy atom.